The summed E-state index contributed by atoms with van der Waals surface area (Å²) in [6.07, 6.45) is 6.05. The molecule has 2 aromatic heterocycles. The van der Waals surface area contributed by atoms with E-state index in [2.05, 4.69) is 143 Å². The van der Waals surface area contributed by atoms with E-state index < -0.39 is 0 Å². The van der Waals surface area contributed by atoms with Crippen molar-refractivity contribution in [2.75, 3.05) is 0 Å². The van der Waals surface area contributed by atoms with Crippen molar-refractivity contribution in [3.8, 4) is 55.6 Å². The summed E-state index contributed by atoms with van der Waals surface area (Å²) in [6, 6.07) is 46.5. The van der Waals surface area contributed by atoms with Crippen molar-refractivity contribution in [3.63, 3.8) is 0 Å². The topological polar surface area (TPSA) is 17.3 Å². The average Bonchev–Trinajstić information content (AvgIpc) is 3.64. The van der Waals surface area contributed by atoms with Gasteiger partial charge in [-0.25, -0.2) is 4.98 Å². The lowest BCUT2D eigenvalue weighted by Crippen LogP contribution is -1.93. The number of benzene rings is 6. The van der Waals surface area contributed by atoms with Gasteiger partial charge < -0.3 is 4.40 Å². The quantitative estimate of drug-likeness (QED) is 0.226. The Hall–Kier alpha value is -5.47. The molecule has 2 nitrogen and oxygen atoms in total. The first-order valence-electron chi connectivity index (χ1n) is 14.1. The van der Waals surface area contributed by atoms with Crippen LogP contribution in [0.15, 0.2) is 146 Å². The highest BCUT2D eigenvalue weighted by atomic mass is 15.0. The van der Waals surface area contributed by atoms with Crippen LogP contribution in [0.3, 0.4) is 0 Å². The highest BCUT2D eigenvalue weighted by Gasteiger charge is 2.31. The molecule has 1 aliphatic rings. The van der Waals surface area contributed by atoms with Gasteiger partial charge in [-0.05, 0) is 89.3 Å². The third-order valence-corrected chi connectivity index (χ3v) is 8.62. The summed E-state index contributed by atoms with van der Waals surface area (Å²) in [4.78, 5) is 4.45. The number of pyridine rings is 1. The van der Waals surface area contributed by atoms with Gasteiger partial charge in [-0.3, -0.25) is 0 Å². The van der Waals surface area contributed by atoms with Gasteiger partial charge in [0.25, 0.3) is 0 Å². The fourth-order valence-electron chi connectivity index (χ4n) is 6.94. The van der Waals surface area contributed by atoms with Gasteiger partial charge in [-0.15, -0.1) is 0 Å². The lowest BCUT2D eigenvalue weighted by atomic mass is 9.82. The predicted octanol–water partition coefficient (Wildman–Crippen LogP) is 10.3. The second kappa shape index (κ2) is 8.51. The van der Waals surface area contributed by atoms with E-state index in [0.29, 0.717) is 0 Å². The molecule has 1 aliphatic carbocycles. The second-order valence-corrected chi connectivity index (χ2v) is 10.8. The normalized spacial score (nSPS) is 11.9. The molecule has 0 aliphatic heterocycles. The van der Waals surface area contributed by atoms with Crippen LogP contribution in [-0.4, -0.2) is 9.38 Å². The molecule has 190 valence electrons. The monoisotopic (exact) mass is 520 g/mol. The highest BCUT2D eigenvalue weighted by Crippen LogP contribution is 2.58. The summed E-state index contributed by atoms with van der Waals surface area (Å²) >= 11 is 0. The Labute approximate surface area is 237 Å². The first kappa shape index (κ1) is 22.4. The van der Waals surface area contributed by atoms with Crippen LogP contribution in [0.2, 0.25) is 0 Å². The van der Waals surface area contributed by atoms with Crippen LogP contribution < -0.4 is 0 Å². The van der Waals surface area contributed by atoms with Crippen LogP contribution in [0.5, 0.6) is 0 Å². The van der Waals surface area contributed by atoms with Gasteiger partial charge in [0.2, 0.25) is 0 Å². The molecule has 0 fully saturated rings. The molecule has 0 N–H and O–H groups in total. The molecule has 2 heterocycles. The fraction of sp³-hybridized carbons (Fsp3) is 0. The standard InChI is InChI=1S/C39H24N2/c1-3-10-25(11-4-1)35-30-14-7-8-15-31(30)36(26-12-5-2-6-13-26)39-33-20-19-28(27-18-21-34-40-22-23-41(34)24-27)29-16-9-17-32(37(29)33)38(35)39/h1-24H. The molecular weight excluding hydrogens is 496 g/mol. The van der Waals surface area contributed by atoms with E-state index in [-0.39, 0.29) is 0 Å². The van der Waals surface area contributed by atoms with Crippen LogP contribution >= 0.6 is 0 Å². The van der Waals surface area contributed by atoms with Gasteiger partial charge in [-0.2, -0.15) is 0 Å². The number of rotatable bonds is 3. The predicted molar refractivity (Wildman–Crippen MR) is 171 cm³/mol. The summed E-state index contributed by atoms with van der Waals surface area (Å²) in [6.45, 7) is 0. The number of nitrogens with zero attached hydrogens (tertiary/aromatic N) is 2. The number of hydrogen-bond donors (Lipinski definition) is 0. The molecule has 2 heteroatoms. The molecule has 0 unspecified atom stereocenters. The summed E-state index contributed by atoms with van der Waals surface area (Å²) in [5.74, 6) is 0. The summed E-state index contributed by atoms with van der Waals surface area (Å²) in [5, 5.41) is 5.17. The molecule has 0 radical (unpaired) electrons. The number of hydrogen-bond acceptors (Lipinski definition) is 1. The Morgan fingerprint density at radius 1 is 0.415 bits per heavy atom. The largest absolute Gasteiger partial charge is 0.306 e. The van der Waals surface area contributed by atoms with E-state index in [0.717, 1.165) is 5.65 Å². The van der Waals surface area contributed by atoms with Gasteiger partial charge in [0.15, 0.2) is 0 Å². The molecule has 41 heavy (non-hydrogen) atoms. The minimum Gasteiger partial charge on any atom is -0.306 e. The molecule has 6 aromatic carbocycles. The molecule has 0 spiro atoms. The third kappa shape index (κ3) is 3.16. The highest BCUT2D eigenvalue weighted by molar-refractivity contribution is 6.28. The Kier molecular flexibility index (Phi) is 4.64. The Morgan fingerprint density at radius 3 is 1.68 bits per heavy atom. The van der Waals surface area contributed by atoms with Crippen LogP contribution in [0, 0.1) is 0 Å². The zero-order chi connectivity index (χ0) is 26.9. The number of imidazole rings is 1. The molecule has 0 amide bonds. The van der Waals surface area contributed by atoms with Crippen molar-refractivity contribution in [2.45, 2.75) is 0 Å². The van der Waals surface area contributed by atoms with E-state index in [1.807, 2.05) is 12.4 Å². The Morgan fingerprint density at radius 2 is 1.00 bits per heavy atom. The summed E-state index contributed by atoms with van der Waals surface area (Å²) < 4.78 is 2.10. The van der Waals surface area contributed by atoms with E-state index in [1.54, 1.807) is 0 Å². The summed E-state index contributed by atoms with van der Waals surface area (Å²) in [7, 11) is 0. The van der Waals surface area contributed by atoms with E-state index in [9.17, 15) is 0 Å². The van der Waals surface area contributed by atoms with E-state index in [1.165, 1.54) is 77.2 Å². The minimum absolute atomic E-state index is 0.957. The van der Waals surface area contributed by atoms with Gasteiger partial charge >= 0.3 is 0 Å². The van der Waals surface area contributed by atoms with Crippen LogP contribution in [0.25, 0.3) is 82.8 Å². The minimum atomic E-state index is 0.957. The van der Waals surface area contributed by atoms with Gasteiger partial charge in [-0.1, -0.05) is 115 Å². The molecule has 0 saturated carbocycles. The van der Waals surface area contributed by atoms with Gasteiger partial charge in [0, 0.05) is 18.6 Å². The molecule has 0 saturated heterocycles. The SMILES string of the molecule is c1ccc(-c2c3c(c(-c4ccccc4)c4ccccc24)-c2ccc(-c4ccc5nccn5c4)c4cccc-3c24)cc1. The first-order valence-corrected chi connectivity index (χ1v) is 14.1. The van der Waals surface area contributed by atoms with Crippen molar-refractivity contribution < 1.29 is 0 Å². The smallest absolute Gasteiger partial charge is 0.136 e. The number of aromatic nitrogens is 2. The van der Waals surface area contributed by atoms with Crippen LogP contribution in [0.1, 0.15) is 0 Å². The molecule has 8 aromatic rings. The van der Waals surface area contributed by atoms with Crippen LogP contribution in [0.4, 0.5) is 0 Å². The molecule has 9 rings (SSSR count). The Balaban J connectivity index is 1.45. The van der Waals surface area contributed by atoms with Crippen molar-refractivity contribution in [1.29, 1.82) is 0 Å². The lowest BCUT2D eigenvalue weighted by Gasteiger charge is -2.20. The lowest BCUT2D eigenvalue weighted by molar-refractivity contribution is 1.19. The zero-order valence-electron chi connectivity index (χ0n) is 22.3. The Bertz CT molecular complexity index is 2200. The maximum Gasteiger partial charge on any atom is 0.136 e. The van der Waals surface area contributed by atoms with E-state index >= 15 is 0 Å². The van der Waals surface area contributed by atoms with Crippen LogP contribution in [-0.2, 0) is 0 Å². The van der Waals surface area contributed by atoms with Crippen molar-refractivity contribution in [3.05, 3.63) is 146 Å². The third-order valence-electron chi connectivity index (χ3n) is 8.62. The molecule has 0 atom stereocenters. The van der Waals surface area contributed by atoms with Gasteiger partial charge in [0.05, 0.1) is 0 Å². The maximum absolute atomic E-state index is 4.45. The van der Waals surface area contributed by atoms with E-state index in [4.69, 9.17) is 0 Å². The average molecular weight is 521 g/mol. The fourth-order valence-corrected chi connectivity index (χ4v) is 6.94. The van der Waals surface area contributed by atoms with Crippen molar-refractivity contribution >= 4 is 27.2 Å². The van der Waals surface area contributed by atoms with Gasteiger partial charge in [0.1, 0.15) is 5.65 Å². The van der Waals surface area contributed by atoms with Crippen molar-refractivity contribution in [2.24, 2.45) is 0 Å². The first-order chi connectivity index (χ1) is 20.4. The molecular formula is C39H24N2. The summed E-state index contributed by atoms with van der Waals surface area (Å²) in [5.41, 5.74) is 13.8. The van der Waals surface area contributed by atoms with Crippen molar-refractivity contribution in [1.82, 2.24) is 9.38 Å². The second-order valence-electron chi connectivity index (χ2n) is 10.8. The number of fused-ring (bicyclic) bond motifs is 5. The maximum atomic E-state index is 4.45. The molecule has 0 bridgehead atoms. The zero-order valence-corrected chi connectivity index (χ0v) is 22.3.